The molecule has 0 bridgehead atoms. The molecule has 1 aliphatic rings. The van der Waals surface area contributed by atoms with Crippen molar-refractivity contribution < 1.29 is 17.9 Å². The number of hydrogen-bond donors (Lipinski definition) is 2. The summed E-state index contributed by atoms with van der Waals surface area (Å²) in [4.78, 5) is 16.6. The Morgan fingerprint density at radius 3 is 2.76 bits per heavy atom. The van der Waals surface area contributed by atoms with Gasteiger partial charge in [0, 0.05) is 12.1 Å². The number of sulfonamides is 1. The maximum Gasteiger partial charge on any atom is 0.255 e. The number of benzene rings is 1. The van der Waals surface area contributed by atoms with Crippen molar-refractivity contribution in [2.24, 2.45) is 0 Å². The van der Waals surface area contributed by atoms with Gasteiger partial charge in [-0.25, -0.2) is 18.1 Å². The van der Waals surface area contributed by atoms with Gasteiger partial charge in [-0.2, -0.15) is 0 Å². The highest BCUT2D eigenvalue weighted by Crippen LogP contribution is 2.29. The second-order valence-corrected chi connectivity index (χ2v) is 9.71. The van der Waals surface area contributed by atoms with Crippen molar-refractivity contribution in [1.82, 2.24) is 9.71 Å². The highest BCUT2D eigenvalue weighted by molar-refractivity contribution is 7.89. The minimum Gasteiger partial charge on any atom is -0.368 e. The van der Waals surface area contributed by atoms with Crippen LogP contribution in [0.25, 0.3) is 10.2 Å². The number of anilines is 1. The first-order chi connectivity index (χ1) is 11.6. The molecule has 1 aromatic heterocycles. The predicted octanol–water partition coefficient (Wildman–Crippen LogP) is 2.49. The number of ether oxygens (including phenoxy) is 1. The molecule has 1 aliphatic heterocycles. The monoisotopic (exact) mass is 383 g/mol. The first kappa shape index (κ1) is 18.2. The molecule has 0 radical (unpaired) electrons. The molecule has 136 valence electrons. The van der Waals surface area contributed by atoms with E-state index in [9.17, 15) is 13.2 Å². The van der Waals surface area contributed by atoms with Crippen LogP contribution in [0.5, 0.6) is 0 Å². The standard InChI is InChI=1S/C16H21N3O4S2/c1-16(2,3)19-25(21,22)10-6-7-11-13(9-10)24-15(17-11)18-14(20)12-5-4-8-23-12/h6-7,9,12,19H,4-5,8H2,1-3H3,(H,17,18,20)/t12-/m0/s1. The van der Waals surface area contributed by atoms with Crippen molar-refractivity contribution >= 4 is 42.6 Å². The second kappa shape index (κ2) is 6.64. The molecule has 1 amide bonds. The van der Waals surface area contributed by atoms with Crippen molar-refractivity contribution in [2.75, 3.05) is 11.9 Å². The van der Waals surface area contributed by atoms with Gasteiger partial charge in [0.15, 0.2) is 5.13 Å². The normalized spacial score (nSPS) is 18.6. The largest absolute Gasteiger partial charge is 0.368 e. The van der Waals surface area contributed by atoms with E-state index in [-0.39, 0.29) is 10.8 Å². The molecule has 2 N–H and O–H groups in total. The Balaban J connectivity index is 1.83. The van der Waals surface area contributed by atoms with Crippen LogP contribution in [0, 0.1) is 0 Å². The molecule has 9 heteroatoms. The molecule has 2 heterocycles. The number of carbonyl (C=O) groups excluding carboxylic acids is 1. The number of amides is 1. The van der Waals surface area contributed by atoms with Gasteiger partial charge < -0.3 is 4.74 Å². The first-order valence-electron chi connectivity index (χ1n) is 8.01. The molecule has 3 rings (SSSR count). The minimum absolute atomic E-state index is 0.176. The Kier molecular flexibility index (Phi) is 4.84. The van der Waals surface area contributed by atoms with Gasteiger partial charge in [0.2, 0.25) is 10.0 Å². The first-order valence-corrected chi connectivity index (χ1v) is 10.3. The van der Waals surface area contributed by atoms with Gasteiger partial charge in [-0.1, -0.05) is 11.3 Å². The lowest BCUT2D eigenvalue weighted by Crippen LogP contribution is -2.40. The molecular weight excluding hydrogens is 362 g/mol. The van der Waals surface area contributed by atoms with Crippen LogP contribution in [0.4, 0.5) is 5.13 Å². The van der Waals surface area contributed by atoms with E-state index in [4.69, 9.17) is 4.74 Å². The van der Waals surface area contributed by atoms with Crippen molar-refractivity contribution in [3.8, 4) is 0 Å². The summed E-state index contributed by atoms with van der Waals surface area (Å²) >= 11 is 1.24. The molecule has 0 unspecified atom stereocenters. The van der Waals surface area contributed by atoms with Crippen LogP contribution in [0.3, 0.4) is 0 Å². The van der Waals surface area contributed by atoms with E-state index >= 15 is 0 Å². The van der Waals surface area contributed by atoms with Gasteiger partial charge in [-0.3, -0.25) is 10.1 Å². The zero-order chi connectivity index (χ0) is 18.2. The third-order valence-corrected chi connectivity index (χ3v) is 6.25. The molecular formula is C16H21N3O4S2. The van der Waals surface area contributed by atoms with Crippen molar-refractivity contribution in [1.29, 1.82) is 0 Å². The quantitative estimate of drug-likeness (QED) is 0.845. The third-order valence-electron chi connectivity index (χ3n) is 3.56. The van der Waals surface area contributed by atoms with E-state index in [1.54, 1.807) is 32.9 Å². The van der Waals surface area contributed by atoms with Crippen LogP contribution >= 0.6 is 11.3 Å². The zero-order valence-electron chi connectivity index (χ0n) is 14.3. The summed E-state index contributed by atoms with van der Waals surface area (Å²) < 4.78 is 33.5. The summed E-state index contributed by atoms with van der Waals surface area (Å²) in [5, 5.41) is 3.19. The summed E-state index contributed by atoms with van der Waals surface area (Å²) in [7, 11) is -3.61. The van der Waals surface area contributed by atoms with Crippen molar-refractivity contribution in [2.45, 2.75) is 50.2 Å². The fraction of sp³-hybridized carbons (Fsp3) is 0.500. The fourth-order valence-electron chi connectivity index (χ4n) is 2.56. The van der Waals surface area contributed by atoms with Crippen molar-refractivity contribution in [3.63, 3.8) is 0 Å². The fourth-order valence-corrected chi connectivity index (χ4v) is 4.98. The van der Waals surface area contributed by atoms with Crippen LogP contribution in [-0.4, -0.2) is 37.6 Å². The van der Waals surface area contributed by atoms with E-state index in [2.05, 4.69) is 15.0 Å². The van der Waals surface area contributed by atoms with Crippen LogP contribution < -0.4 is 10.0 Å². The van der Waals surface area contributed by atoms with Crippen LogP contribution in [0.2, 0.25) is 0 Å². The molecule has 1 aromatic carbocycles. The highest BCUT2D eigenvalue weighted by Gasteiger charge is 2.25. The number of nitrogens with one attached hydrogen (secondary N) is 2. The molecule has 0 aliphatic carbocycles. The lowest BCUT2D eigenvalue weighted by Gasteiger charge is -2.20. The maximum absolute atomic E-state index is 12.4. The summed E-state index contributed by atoms with van der Waals surface area (Å²) in [6.07, 6.45) is 1.15. The van der Waals surface area contributed by atoms with Gasteiger partial charge in [0.25, 0.3) is 5.91 Å². The summed E-state index contributed by atoms with van der Waals surface area (Å²) in [6, 6.07) is 4.73. The summed E-state index contributed by atoms with van der Waals surface area (Å²) in [5.74, 6) is -0.209. The lowest BCUT2D eigenvalue weighted by molar-refractivity contribution is -0.124. The minimum atomic E-state index is -3.61. The summed E-state index contributed by atoms with van der Waals surface area (Å²) in [6.45, 7) is 5.96. The van der Waals surface area contributed by atoms with E-state index in [0.29, 0.717) is 28.4 Å². The Morgan fingerprint density at radius 2 is 2.12 bits per heavy atom. The number of fused-ring (bicyclic) bond motifs is 1. The molecule has 0 spiro atoms. The topological polar surface area (TPSA) is 97.4 Å². The van der Waals surface area contributed by atoms with E-state index in [0.717, 1.165) is 6.42 Å². The molecule has 1 saturated heterocycles. The molecule has 2 aromatic rings. The van der Waals surface area contributed by atoms with Crippen molar-refractivity contribution in [3.05, 3.63) is 18.2 Å². The van der Waals surface area contributed by atoms with Crippen LogP contribution in [0.15, 0.2) is 23.1 Å². The Bertz CT molecular complexity index is 894. The van der Waals surface area contributed by atoms with Gasteiger partial charge >= 0.3 is 0 Å². The Morgan fingerprint density at radius 1 is 1.36 bits per heavy atom. The highest BCUT2D eigenvalue weighted by atomic mass is 32.2. The Hall–Kier alpha value is -1.55. The lowest BCUT2D eigenvalue weighted by atomic mass is 10.1. The number of aromatic nitrogens is 1. The smallest absolute Gasteiger partial charge is 0.255 e. The van der Waals surface area contributed by atoms with Gasteiger partial charge in [-0.15, -0.1) is 0 Å². The van der Waals surface area contributed by atoms with Gasteiger partial charge in [-0.05, 0) is 51.8 Å². The second-order valence-electron chi connectivity index (χ2n) is 6.99. The average Bonchev–Trinajstić information content (AvgIpc) is 3.12. The zero-order valence-corrected chi connectivity index (χ0v) is 16.0. The van der Waals surface area contributed by atoms with E-state index < -0.39 is 21.7 Å². The molecule has 25 heavy (non-hydrogen) atoms. The maximum atomic E-state index is 12.4. The molecule has 1 atom stereocenters. The van der Waals surface area contributed by atoms with E-state index in [1.165, 1.54) is 17.4 Å². The SMILES string of the molecule is CC(C)(C)NS(=O)(=O)c1ccc2nc(NC(=O)[C@@H]3CCCO3)sc2c1. The molecule has 1 fully saturated rings. The predicted molar refractivity (Wildman–Crippen MR) is 97.3 cm³/mol. The Labute approximate surface area is 150 Å². The average molecular weight is 383 g/mol. The van der Waals surface area contributed by atoms with Gasteiger partial charge in [0.05, 0.1) is 15.1 Å². The number of carbonyl (C=O) groups is 1. The molecule has 7 nitrogen and oxygen atoms in total. The third kappa shape index (κ3) is 4.35. The summed E-state index contributed by atoms with van der Waals surface area (Å²) in [5.41, 5.74) is 0.0735. The number of nitrogens with zero attached hydrogens (tertiary/aromatic N) is 1. The number of hydrogen-bond acceptors (Lipinski definition) is 6. The van der Waals surface area contributed by atoms with Crippen LogP contribution in [-0.2, 0) is 19.6 Å². The number of thiazole rings is 1. The number of rotatable bonds is 4. The van der Waals surface area contributed by atoms with E-state index in [1.807, 2.05) is 0 Å². The van der Waals surface area contributed by atoms with Gasteiger partial charge in [0.1, 0.15) is 6.10 Å². The molecule has 0 saturated carbocycles. The van der Waals surface area contributed by atoms with Crippen LogP contribution in [0.1, 0.15) is 33.6 Å².